The van der Waals surface area contributed by atoms with Crippen LogP contribution in [-0.4, -0.2) is 30.9 Å². The molecule has 1 rings (SSSR count). The molecule has 5 nitrogen and oxygen atoms in total. The Labute approximate surface area is 131 Å². The second kappa shape index (κ2) is 9.07. The highest BCUT2D eigenvalue weighted by Crippen LogP contribution is 2.07. The van der Waals surface area contributed by atoms with E-state index in [-0.39, 0.29) is 6.61 Å². The molecule has 0 bridgehead atoms. The van der Waals surface area contributed by atoms with Crippen LogP contribution in [0.1, 0.15) is 39.2 Å². The van der Waals surface area contributed by atoms with Crippen LogP contribution in [0.4, 0.5) is 4.79 Å². The monoisotopic (exact) mass is 308 g/mol. The van der Waals surface area contributed by atoms with Crippen LogP contribution in [0.25, 0.3) is 0 Å². The lowest BCUT2D eigenvalue weighted by atomic mass is 10.1. The van der Waals surface area contributed by atoms with Crippen LogP contribution in [-0.2, 0) is 25.4 Å². The van der Waals surface area contributed by atoms with Gasteiger partial charge >= 0.3 is 12.1 Å². The minimum Gasteiger partial charge on any atom is -0.457 e. The van der Waals surface area contributed by atoms with Gasteiger partial charge in [0.15, 0.2) is 6.61 Å². The van der Waals surface area contributed by atoms with Crippen LogP contribution in [0.15, 0.2) is 30.3 Å². The maximum absolute atomic E-state index is 11.3. The Morgan fingerprint density at radius 3 is 2.32 bits per heavy atom. The molecular weight excluding hydrogens is 284 g/mol. The molecule has 0 unspecified atom stereocenters. The molecule has 0 aliphatic rings. The molecule has 0 aliphatic heterocycles. The topological polar surface area (TPSA) is 61.8 Å². The number of hydrogen-bond donors (Lipinski definition) is 0. The fraction of sp³-hybridized carbons (Fsp3) is 0.529. The SMILES string of the molecule is CC(C)(C)OC(=O)COC(=O)OCCCCc1ccccc1. The molecule has 1 aromatic carbocycles. The number of carbonyl (C=O) groups is 2. The number of ether oxygens (including phenoxy) is 3. The van der Waals surface area contributed by atoms with Crippen LogP contribution < -0.4 is 0 Å². The maximum atomic E-state index is 11.3. The Balaban J connectivity index is 2.05. The average molecular weight is 308 g/mol. The van der Waals surface area contributed by atoms with Crippen LogP contribution in [0.2, 0.25) is 0 Å². The zero-order valence-electron chi connectivity index (χ0n) is 13.5. The van der Waals surface area contributed by atoms with Gasteiger partial charge in [-0.15, -0.1) is 0 Å². The smallest absolute Gasteiger partial charge is 0.457 e. The molecule has 0 amide bonds. The molecule has 122 valence electrons. The molecular formula is C17H24O5. The van der Waals surface area contributed by atoms with E-state index in [1.54, 1.807) is 20.8 Å². The van der Waals surface area contributed by atoms with Gasteiger partial charge in [-0.25, -0.2) is 9.59 Å². The standard InChI is InChI=1S/C17H24O5/c1-17(2,3)22-15(18)13-21-16(19)20-12-8-7-11-14-9-5-4-6-10-14/h4-6,9-10H,7-8,11-13H2,1-3H3. The van der Waals surface area contributed by atoms with E-state index in [0.29, 0.717) is 0 Å². The fourth-order valence-electron chi connectivity index (χ4n) is 1.76. The lowest BCUT2D eigenvalue weighted by molar-refractivity contribution is -0.159. The molecule has 5 heteroatoms. The molecule has 0 aromatic heterocycles. The molecule has 0 spiro atoms. The summed E-state index contributed by atoms with van der Waals surface area (Å²) in [4.78, 5) is 22.6. The number of esters is 1. The molecule has 0 atom stereocenters. The predicted molar refractivity (Wildman–Crippen MR) is 82.5 cm³/mol. The molecule has 0 fully saturated rings. The molecule has 0 saturated heterocycles. The summed E-state index contributed by atoms with van der Waals surface area (Å²) < 4.78 is 14.6. The third kappa shape index (κ3) is 9.00. The Morgan fingerprint density at radius 1 is 1.00 bits per heavy atom. The van der Waals surface area contributed by atoms with Crippen molar-refractivity contribution in [1.82, 2.24) is 0 Å². The second-order valence-electron chi connectivity index (χ2n) is 5.92. The minimum atomic E-state index is -0.842. The van der Waals surface area contributed by atoms with Gasteiger partial charge < -0.3 is 14.2 Å². The fourth-order valence-corrected chi connectivity index (χ4v) is 1.76. The highest BCUT2D eigenvalue weighted by molar-refractivity contribution is 5.74. The van der Waals surface area contributed by atoms with Gasteiger partial charge in [0.2, 0.25) is 0 Å². The Hall–Kier alpha value is -2.04. The summed E-state index contributed by atoms with van der Waals surface area (Å²) in [5.41, 5.74) is 0.664. The normalized spacial score (nSPS) is 10.9. The maximum Gasteiger partial charge on any atom is 0.508 e. The van der Waals surface area contributed by atoms with E-state index in [4.69, 9.17) is 9.47 Å². The largest absolute Gasteiger partial charge is 0.508 e. The van der Waals surface area contributed by atoms with Gasteiger partial charge in [-0.1, -0.05) is 30.3 Å². The molecule has 0 N–H and O–H groups in total. The van der Waals surface area contributed by atoms with E-state index in [1.165, 1.54) is 5.56 Å². The first-order chi connectivity index (χ1) is 10.4. The first-order valence-electron chi connectivity index (χ1n) is 7.42. The van der Waals surface area contributed by atoms with Crippen LogP contribution in [0, 0.1) is 0 Å². The van der Waals surface area contributed by atoms with Crippen molar-refractivity contribution >= 4 is 12.1 Å². The molecule has 0 aliphatic carbocycles. The molecule has 22 heavy (non-hydrogen) atoms. The summed E-state index contributed by atoms with van der Waals surface area (Å²) in [5.74, 6) is -0.589. The quantitative estimate of drug-likeness (QED) is 0.570. The van der Waals surface area contributed by atoms with E-state index in [1.807, 2.05) is 18.2 Å². The highest BCUT2D eigenvalue weighted by Gasteiger charge is 2.17. The van der Waals surface area contributed by atoms with E-state index in [2.05, 4.69) is 16.9 Å². The van der Waals surface area contributed by atoms with Crippen LogP contribution in [0.5, 0.6) is 0 Å². The van der Waals surface area contributed by atoms with Crippen LogP contribution in [0.3, 0.4) is 0 Å². The van der Waals surface area contributed by atoms with Gasteiger partial charge in [-0.3, -0.25) is 0 Å². The van der Waals surface area contributed by atoms with Crippen molar-refractivity contribution in [1.29, 1.82) is 0 Å². The average Bonchev–Trinajstić information content (AvgIpc) is 2.44. The summed E-state index contributed by atoms with van der Waals surface area (Å²) in [7, 11) is 0. The van der Waals surface area contributed by atoms with Crippen molar-refractivity contribution < 1.29 is 23.8 Å². The Kier molecular flexibility index (Phi) is 7.43. The van der Waals surface area contributed by atoms with Gasteiger partial charge in [0.1, 0.15) is 5.60 Å². The van der Waals surface area contributed by atoms with Gasteiger partial charge in [-0.2, -0.15) is 0 Å². The van der Waals surface area contributed by atoms with Gasteiger partial charge in [0, 0.05) is 0 Å². The predicted octanol–water partition coefficient (Wildman–Crippen LogP) is 3.50. The van der Waals surface area contributed by atoms with E-state index >= 15 is 0 Å². The molecule has 0 heterocycles. The molecule has 1 aromatic rings. The van der Waals surface area contributed by atoms with Gasteiger partial charge in [-0.05, 0) is 45.6 Å². The van der Waals surface area contributed by atoms with Gasteiger partial charge in [0.25, 0.3) is 0 Å². The summed E-state index contributed by atoms with van der Waals surface area (Å²) >= 11 is 0. The number of unbranched alkanes of at least 4 members (excludes halogenated alkanes) is 1. The molecule has 0 saturated carbocycles. The first-order valence-corrected chi connectivity index (χ1v) is 7.42. The Morgan fingerprint density at radius 2 is 1.68 bits per heavy atom. The third-order valence-electron chi connectivity index (χ3n) is 2.65. The lowest BCUT2D eigenvalue weighted by Crippen LogP contribution is -2.27. The van der Waals surface area contributed by atoms with Crippen molar-refractivity contribution in [2.75, 3.05) is 13.2 Å². The Bertz CT molecular complexity index is 462. The lowest BCUT2D eigenvalue weighted by Gasteiger charge is -2.19. The number of hydrogen-bond acceptors (Lipinski definition) is 5. The summed E-state index contributed by atoms with van der Waals surface area (Å²) in [6.45, 7) is 5.09. The van der Waals surface area contributed by atoms with E-state index in [9.17, 15) is 9.59 Å². The minimum absolute atomic E-state index is 0.278. The summed E-state index contributed by atoms with van der Waals surface area (Å²) in [5, 5.41) is 0. The zero-order chi connectivity index (χ0) is 16.4. The number of rotatable bonds is 7. The number of benzene rings is 1. The van der Waals surface area contributed by atoms with Crippen LogP contribution >= 0.6 is 0 Å². The number of carbonyl (C=O) groups excluding carboxylic acids is 2. The van der Waals surface area contributed by atoms with Crippen molar-refractivity contribution in [2.45, 2.75) is 45.6 Å². The number of aryl methyl sites for hydroxylation is 1. The van der Waals surface area contributed by atoms with E-state index < -0.39 is 24.3 Å². The van der Waals surface area contributed by atoms with E-state index in [0.717, 1.165) is 19.3 Å². The van der Waals surface area contributed by atoms with Crippen molar-refractivity contribution in [3.63, 3.8) is 0 Å². The summed E-state index contributed by atoms with van der Waals surface area (Å²) in [6.07, 6.45) is 1.77. The first kappa shape index (κ1) is 18.0. The second-order valence-corrected chi connectivity index (χ2v) is 5.92. The van der Waals surface area contributed by atoms with Crippen molar-refractivity contribution in [2.24, 2.45) is 0 Å². The summed E-state index contributed by atoms with van der Waals surface area (Å²) in [6, 6.07) is 10.1. The molecule has 0 radical (unpaired) electrons. The van der Waals surface area contributed by atoms with Crippen molar-refractivity contribution in [3.05, 3.63) is 35.9 Å². The zero-order valence-corrected chi connectivity index (χ0v) is 13.5. The third-order valence-corrected chi connectivity index (χ3v) is 2.65. The highest BCUT2D eigenvalue weighted by atomic mass is 16.7. The van der Waals surface area contributed by atoms with Crippen molar-refractivity contribution in [3.8, 4) is 0 Å². The van der Waals surface area contributed by atoms with Gasteiger partial charge in [0.05, 0.1) is 6.61 Å².